The van der Waals surface area contributed by atoms with Gasteiger partial charge in [-0.15, -0.1) is 0 Å². The number of rotatable bonds is 3. The summed E-state index contributed by atoms with van der Waals surface area (Å²) >= 11 is 0. The molecule has 0 spiro atoms. The number of carbonyl (C=O) groups is 1. The van der Waals surface area contributed by atoms with Crippen molar-refractivity contribution in [2.75, 3.05) is 31.1 Å². The fourth-order valence-corrected chi connectivity index (χ4v) is 4.55. The van der Waals surface area contributed by atoms with Crippen LogP contribution < -0.4 is 4.90 Å². The maximum Gasteiger partial charge on any atom is 0.226 e. The van der Waals surface area contributed by atoms with Gasteiger partial charge in [0.05, 0.1) is 11.6 Å². The molecular weight excluding hydrogens is 336 g/mol. The van der Waals surface area contributed by atoms with Crippen LogP contribution >= 0.6 is 0 Å². The predicted octanol–water partition coefficient (Wildman–Crippen LogP) is 3.10. The van der Waals surface area contributed by atoms with Gasteiger partial charge >= 0.3 is 0 Å². The second kappa shape index (κ2) is 8.31. The Morgan fingerprint density at radius 2 is 1.70 bits per heavy atom. The molecule has 0 radical (unpaired) electrons. The van der Waals surface area contributed by atoms with Gasteiger partial charge in [0, 0.05) is 55.9 Å². The SMILES string of the molecule is CC(C)N1C[C@@H](C)N(C(=O)C2CCN(c3ccc(C#N)cc3)CC2)C[C@@H]1C. The highest BCUT2D eigenvalue weighted by molar-refractivity contribution is 5.79. The lowest BCUT2D eigenvalue weighted by Crippen LogP contribution is -2.60. The van der Waals surface area contributed by atoms with Crippen molar-refractivity contribution in [2.45, 2.75) is 58.7 Å². The molecule has 146 valence electrons. The molecule has 2 fully saturated rings. The molecule has 0 saturated carbocycles. The summed E-state index contributed by atoms with van der Waals surface area (Å²) in [5.41, 5.74) is 1.83. The molecule has 1 aromatic rings. The van der Waals surface area contributed by atoms with Gasteiger partial charge in [0.25, 0.3) is 0 Å². The normalized spacial score (nSPS) is 24.9. The Morgan fingerprint density at radius 3 is 2.26 bits per heavy atom. The van der Waals surface area contributed by atoms with Crippen molar-refractivity contribution in [1.29, 1.82) is 5.26 Å². The van der Waals surface area contributed by atoms with Crippen molar-refractivity contribution in [3.05, 3.63) is 29.8 Å². The maximum absolute atomic E-state index is 13.2. The lowest BCUT2D eigenvalue weighted by Gasteiger charge is -2.47. The van der Waals surface area contributed by atoms with Gasteiger partial charge in [0.2, 0.25) is 5.91 Å². The summed E-state index contributed by atoms with van der Waals surface area (Å²) in [4.78, 5) is 20.1. The third kappa shape index (κ3) is 4.27. The average Bonchev–Trinajstić information content (AvgIpc) is 2.69. The molecule has 2 aliphatic rings. The highest BCUT2D eigenvalue weighted by atomic mass is 16.2. The first-order chi connectivity index (χ1) is 12.9. The standard InChI is InChI=1S/C22H32N4O/c1-16(2)25-14-18(4)26(15-17(25)3)22(27)20-9-11-24(12-10-20)21-7-5-19(13-23)6-8-21/h5-8,16-18,20H,9-12,14-15H2,1-4H3/t17-,18+/m0/s1. The van der Waals surface area contributed by atoms with Crippen LogP contribution in [0.25, 0.3) is 0 Å². The van der Waals surface area contributed by atoms with Crippen molar-refractivity contribution in [1.82, 2.24) is 9.80 Å². The van der Waals surface area contributed by atoms with Crippen LogP contribution in [-0.4, -0.2) is 60.0 Å². The lowest BCUT2D eigenvalue weighted by molar-refractivity contribution is -0.142. The summed E-state index contributed by atoms with van der Waals surface area (Å²) < 4.78 is 0. The van der Waals surface area contributed by atoms with E-state index >= 15 is 0 Å². The summed E-state index contributed by atoms with van der Waals surface area (Å²) in [6, 6.07) is 11.1. The fourth-order valence-electron chi connectivity index (χ4n) is 4.55. The Kier molecular flexibility index (Phi) is 6.06. The molecule has 2 atom stereocenters. The number of hydrogen-bond donors (Lipinski definition) is 0. The van der Waals surface area contributed by atoms with E-state index in [4.69, 9.17) is 5.26 Å². The summed E-state index contributed by atoms with van der Waals surface area (Å²) in [5.74, 6) is 0.483. The summed E-state index contributed by atoms with van der Waals surface area (Å²) in [6.07, 6.45) is 1.81. The van der Waals surface area contributed by atoms with E-state index < -0.39 is 0 Å². The van der Waals surface area contributed by atoms with E-state index in [9.17, 15) is 4.79 Å². The van der Waals surface area contributed by atoms with Gasteiger partial charge in [-0.2, -0.15) is 5.26 Å². The molecule has 1 amide bonds. The Balaban J connectivity index is 1.57. The number of nitrogens with zero attached hydrogens (tertiary/aromatic N) is 4. The first-order valence-electron chi connectivity index (χ1n) is 10.2. The van der Waals surface area contributed by atoms with Crippen LogP contribution in [0.1, 0.15) is 46.1 Å². The molecule has 27 heavy (non-hydrogen) atoms. The number of anilines is 1. The average molecular weight is 369 g/mol. The van der Waals surface area contributed by atoms with Crippen LogP contribution in [0.4, 0.5) is 5.69 Å². The molecule has 3 rings (SSSR count). The first kappa shape index (κ1) is 19.7. The summed E-state index contributed by atoms with van der Waals surface area (Å²) in [6.45, 7) is 12.5. The fraction of sp³-hybridized carbons (Fsp3) is 0.636. The van der Waals surface area contributed by atoms with E-state index in [0.717, 1.165) is 44.7 Å². The molecule has 0 bridgehead atoms. The Bertz CT molecular complexity index is 685. The third-order valence-electron chi connectivity index (χ3n) is 6.19. The number of hydrogen-bond acceptors (Lipinski definition) is 4. The zero-order chi connectivity index (χ0) is 19.6. The molecule has 0 unspecified atom stereocenters. The quantitative estimate of drug-likeness (QED) is 0.823. The number of piperidine rings is 1. The maximum atomic E-state index is 13.2. The minimum atomic E-state index is 0.139. The highest BCUT2D eigenvalue weighted by Gasteiger charge is 2.36. The molecule has 5 heteroatoms. The van der Waals surface area contributed by atoms with Crippen LogP contribution in [-0.2, 0) is 4.79 Å². The topological polar surface area (TPSA) is 50.6 Å². The van der Waals surface area contributed by atoms with Crippen LogP contribution in [0, 0.1) is 17.2 Å². The molecule has 0 aromatic heterocycles. The third-order valence-corrected chi connectivity index (χ3v) is 6.19. The van der Waals surface area contributed by atoms with E-state index in [1.807, 2.05) is 24.3 Å². The van der Waals surface area contributed by atoms with E-state index in [1.165, 1.54) is 0 Å². The minimum absolute atomic E-state index is 0.139. The minimum Gasteiger partial charge on any atom is -0.371 e. The van der Waals surface area contributed by atoms with Gasteiger partial charge in [-0.25, -0.2) is 0 Å². The van der Waals surface area contributed by atoms with Gasteiger partial charge in [0.1, 0.15) is 0 Å². The highest BCUT2D eigenvalue weighted by Crippen LogP contribution is 2.27. The number of piperazine rings is 1. The first-order valence-corrected chi connectivity index (χ1v) is 10.2. The number of amides is 1. The Labute approximate surface area is 163 Å². The van der Waals surface area contributed by atoms with Crippen LogP contribution in [0.3, 0.4) is 0 Å². The van der Waals surface area contributed by atoms with E-state index in [0.29, 0.717) is 23.6 Å². The van der Waals surface area contributed by atoms with Crippen molar-refractivity contribution in [2.24, 2.45) is 5.92 Å². The van der Waals surface area contributed by atoms with Crippen molar-refractivity contribution < 1.29 is 4.79 Å². The number of carbonyl (C=O) groups excluding carboxylic acids is 1. The van der Waals surface area contributed by atoms with Gasteiger partial charge in [0.15, 0.2) is 0 Å². The monoisotopic (exact) mass is 368 g/mol. The summed E-state index contributed by atoms with van der Waals surface area (Å²) in [7, 11) is 0. The number of nitriles is 1. The van der Waals surface area contributed by atoms with Crippen LogP contribution in [0.5, 0.6) is 0 Å². The van der Waals surface area contributed by atoms with E-state index in [1.54, 1.807) is 0 Å². The Morgan fingerprint density at radius 1 is 1.07 bits per heavy atom. The largest absolute Gasteiger partial charge is 0.371 e. The van der Waals surface area contributed by atoms with Gasteiger partial charge in [-0.3, -0.25) is 9.69 Å². The molecule has 2 aliphatic heterocycles. The predicted molar refractivity (Wildman–Crippen MR) is 109 cm³/mol. The molecule has 1 aromatic carbocycles. The second-order valence-electron chi connectivity index (χ2n) is 8.40. The van der Waals surface area contributed by atoms with Crippen molar-refractivity contribution in [3.8, 4) is 6.07 Å². The van der Waals surface area contributed by atoms with Gasteiger partial charge < -0.3 is 9.80 Å². The lowest BCUT2D eigenvalue weighted by atomic mass is 9.93. The zero-order valence-electron chi connectivity index (χ0n) is 17.1. The smallest absolute Gasteiger partial charge is 0.226 e. The van der Waals surface area contributed by atoms with Gasteiger partial charge in [-0.05, 0) is 64.8 Å². The Hall–Kier alpha value is -2.06. The van der Waals surface area contributed by atoms with Crippen LogP contribution in [0.15, 0.2) is 24.3 Å². The van der Waals surface area contributed by atoms with E-state index in [2.05, 4.69) is 48.5 Å². The molecule has 0 aliphatic carbocycles. The van der Waals surface area contributed by atoms with Crippen molar-refractivity contribution in [3.63, 3.8) is 0 Å². The molecule has 2 saturated heterocycles. The number of benzene rings is 1. The van der Waals surface area contributed by atoms with Crippen molar-refractivity contribution >= 4 is 11.6 Å². The molecule has 0 N–H and O–H groups in total. The summed E-state index contributed by atoms with van der Waals surface area (Å²) in [5, 5.41) is 8.94. The van der Waals surface area contributed by atoms with Crippen LogP contribution in [0.2, 0.25) is 0 Å². The molecule has 5 nitrogen and oxygen atoms in total. The van der Waals surface area contributed by atoms with E-state index in [-0.39, 0.29) is 12.0 Å². The molecular formula is C22H32N4O. The zero-order valence-corrected chi connectivity index (χ0v) is 17.1. The van der Waals surface area contributed by atoms with Gasteiger partial charge in [-0.1, -0.05) is 0 Å². The second-order valence-corrected chi connectivity index (χ2v) is 8.40. The molecule has 2 heterocycles.